The fourth-order valence-corrected chi connectivity index (χ4v) is 1.88. The van der Waals surface area contributed by atoms with Gasteiger partial charge in [0.2, 0.25) is 0 Å². The number of nitrogens with zero attached hydrogens (tertiary/aromatic N) is 1. The summed E-state index contributed by atoms with van der Waals surface area (Å²) in [4.78, 5) is 15.0. The van der Waals surface area contributed by atoms with Crippen LogP contribution in [0.2, 0.25) is 0 Å². The Kier molecular flexibility index (Phi) is 4.13. The van der Waals surface area contributed by atoms with Crippen LogP contribution in [0.5, 0.6) is 0 Å². The minimum Gasteiger partial charge on any atom is -0.478 e. The summed E-state index contributed by atoms with van der Waals surface area (Å²) in [6.45, 7) is 2.14. The van der Waals surface area contributed by atoms with Crippen molar-refractivity contribution in [1.29, 1.82) is 0 Å². The molecular weight excluding hydrogens is 240 g/mol. The smallest absolute Gasteiger partial charge is 0.337 e. The van der Waals surface area contributed by atoms with Crippen LogP contribution >= 0.6 is 0 Å². The monoisotopic (exact) mass is 256 g/mol. The van der Waals surface area contributed by atoms with Crippen LogP contribution in [0.1, 0.15) is 29.3 Å². The molecule has 1 heterocycles. The van der Waals surface area contributed by atoms with Crippen molar-refractivity contribution in [2.75, 3.05) is 5.32 Å². The molecule has 0 amide bonds. The van der Waals surface area contributed by atoms with Gasteiger partial charge in [0.25, 0.3) is 0 Å². The van der Waals surface area contributed by atoms with Gasteiger partial charge in [-0.05, 0) is 30.2 Å². The number of hydrogen-bond donors (Lipinski definition) is 2. The van der Waals surface area contributed by atoms with Gasteiger partial charge in [-0.15, -0.1) is 0 Å². The van der Waals surface area contributed by atoms with Crippen LogP contribution in [-0.4, -0.2) is 16.1 Å². The molecule has 0 aliphatic carbocycles. The number of anilines is 2. The first-order valence-electron chi connectivity index (χ1n) is 6.24. The Balaban J connectivity index is 2.19. The van der Waals surface area contributed by atoms with Gasteiger partial charge < -0.3 is 10.4 Å². The molecular formula is C15H16N2O2. The van der Waals surface area contributed by atoms with Crippen LogP contribution in [0, 0.1) is 0 Å². The molecule has 0 fully saturated rings. The molecule has 0 radical (unpaired) electrons. The molecule has 0 atom stereocenters. The van der Waals surface area contributed by atoms with Gasteiger partial charge in [-0.25, -0.2) is 4.79 Å². The Morgan fingerprint density at radius 3 is 2.63 bits per heavy atom. The molecule has 0 unspecified atom stereocenters. The number of nitrogens with one attached hydrogen (secondary N) is 1. The Labute approximate surface area is 112 Å². The number of aromatic carboxylic acids is 1. The summed E-state index contributed by atoms with van der Waals surface area (Å²) in [5, 5.41) is 12.2. The molecule has 98 valence electrons. The molecule has 1 aromatic carbocycles. The maximum Gasteiger partial charge on any atom is 0.337 e. The Bertz CT molecular complexity index is 565. The summed E-state index contributed by atoms with van der Waals surface area (Å²) in [6, 6.07) is 9.47. The first kappa shape index (κ1) is 13.1. The molecule has 4 nitrogen and oxygen atoms in total. The molecule has 0 aliphatic rings. The Morgan fingerprint density at radius 2 is 2.00 bits per heavy atom. The normalized spacial score (nSPS) is 10.2. The summed E-state index contributed by atoms with van der Waals surface area (Å²) >= 11 is 0. The number of benzene rings is 1. The zero-order valence-electron chi connectivity index (χ0n) is 10.8. The predicted octanol–water partition coefficient (Wildman–Crippen LogP) is 3.48. The average Bonchev–Trinajstić information content (AvgIpc) is 2.42. The average molecular weight is 256 g/mol. The highest BCUT2D eigenvalue weighted by Gasteiger charge is 2.09. The number of hydrogen-bond acceptors (Lipinski definition) is 3. The van der Waals surface area contributed by atoms with E-state index >= 15 is 0 Å². The first-order valence-corrected chi connectivity index (χ1v) is 6.24. The molecule has 4 heteroatoms. The van der Waals surface area contributed by atoms with Crippen molar-refractivity contribution in [3.05, 3.63) is 53.9 Å². The van der Waals surface area contributed by atoms with Crippen LogP contribution in [0.4, 0.5) is 11.4 Å². The van der Waals surface area contributed by atoms with Crippen molar-refractivity contribution in [3.63, 3.8) is 0 Å². The van der Waals surface area contributed by atoms with E-state index < -0.39 is 5.97 Å². The van der Waals surface area contributed by atoms with Gasteiger partial charge in [0.05, 0.1) is 17.4 Å². The minimum atomic E-state index is -0.965. The Morgan fingerprint density at radius 1 is 1.26 bits per heavy atom. The molecule has 2 aromatic rings. The van der Waals surface area contributed by atoms with Gasteiger partial charge in [-0.1, -0.05) is 25.5 Å². The summed E-state index contributed by atoms with van der Waals surface area (Å²) in [7, 11) is 0. The predicted molar refractivity (Wildman–Crippen MR) is 74.9 cm³/mol. The summed E-state index contributed by atoms with van der Waals surface area (Å²) in [6.07, 6.45) is 5.15. The fraction of sp³-hybridized carbons (Fsp3) is 0.200. The van der Waals surface area contributed by atoms with E-state index in [0.717, 1.165) is 18.5 Å². The maximum atomic E-state index is 11.1. The molecule has 2 N–H and O–H groups in total. The van der Waals surface area contributed by atoms with Crippen molar-refractivity contribution in [2.24, 2.45) is 0 Å². The number of carboxylic acids is 1. The Hall–Kier alpha value is -2.36. The van der Waals surface area contributed by atoms with E-state index in [2.05, 4.69) is 17.2 Å². The van der Waals surface area contributed by atoms with Crippen LogP contribution in [0.3, 0.4) is 0 Å². The van der Waals surface area contributed by atoms with E-state index in [0.29, 0.717) is 5.69 Å². The number of carbonyl (C=O) groups is 1. The number of aryl methyl sites for hydroxylation is 1. The number of pyridine rings is 1. The molecule has 0 bridgehead atoms. The zero-order valence-corrected chi connectivity index (χ0v) is 10.8. The summed E-state index contributed by atoms with van der Waals surface area (Å²) in [5.41, 5.74) is 2.85. The van der Waals surface area contributed by atoms with Crippen LogP contribution in [0.25, 0.3) is 0 Å². The maximum absolute atomic E-state index is 11.1. The third kappa shape index (κ3) is 3.31. The topological polar surface area (TPSA) is 62.2 Å². The zero-order chi connectivity index (χ0) is 13.7. The van der Waals surface area contributed by atoms with E-state index in [1.165, 1.54) is 24.0 Å². The highest BCUT2D eigenvalue weighted by Crippen LogP contribution is 2.20. The quantitative estimate of drug-likeness (QED) is 0.859. The second-order valence-electron chi connectivity index (χ2n) is 4.30. The number of rotatable bonds is 5. The molecule has 0 saturated heterocycles. The van der Waals surface area contributed by atoms with Gasteiger partial charge in [0.15, 0.2) is 0 Å². The summed E-state index contributed by atoms with van der Waals surface area (Å²) < 4.78 is 0. The molecule has 0 saturated carbocycles. The van der Waals surface area contributed by atoms with Crippen molar-refractivity contribution in [1.82, 2.24) is 4.98 Å². The molecule has 0 aliphatic heterocycles. The number of aromatic nitrogens is 1. The van der Waals surface area contributed by atoms with E-state index in [-0.39, 0.29) is 5.56 Å². The van der Waals surface area contributed by atoms with Crippen molar-refractivity contribution in [3.8, 4) is 0 Å². The van der Waals surface area contributed by atoms with Crippen molar-refractivity contribution < 1.29 is 9.90 Å². The van der Waals surface area contributed by atoms with Crippen molar-refractivity contribution >= 4 is 17.3 Å². The minimum absolute atomic E-state index is 0.215. The lowest BCUT2D eigenvalue weighted by atomic mass is 10.1. The first-order chi connectivity index (χ1) is 9.20. The molecule has 0 spiro atoms. The lowest BCUT2D eigenvalue weighted by Gasteiger charge is -2.09. The van der Waals surface area contributed by atoms with Crippen LogP contribution in [-0.2, 0) is 6.42 Å². The van der Waals surface area contributed by atoms with Gasteiger partial charge >= 0.3 is 5.97 Å². The highest BCUT2D eigenvalue weighted by molar-refractivity contribution is 5.94. The largest absolute Gasteiger partial charge is 0.478 e. The molecule has 19 heavy (non-hydrogen) atoms. The SMILES string of the molecule is CCCc1ccc(Nc2cnccc2C(=O)O)cc1. The molecule has 1 aromatic heterocycles. The second-order valence-corrected chi connectivity index (χ2v) is 4.30. The van der Waals surface area contributed by atoms with Crippen LogP contribution < -0.4 is 5.32 Å². The van der Waals surface area contributed by atoms with E-state index in [4.69, 9.17) is 5.11 Å². The summed E-state index contributed by atoms with van der Waals surface area (Å²) in [5.74, 6) is -0.965. The van der Waals surface area contributed by atoms with Gasteiger partial charge in [-0.2, -0.15) is 0 Å². The second kappa shape index (κ2) is 6.00. The van der Waals surface area contributed by atoms with E-state index in [1.54, 1.807) is 0 Å². The van der Waals surface area contributed by atoms with E-state index in [1.807, 2.05) is 24.3 Å². The molecule has 2 rings (SSSR count). The lowest BCUT2D eigenvalue weighted by Crippen LogP contribution is -2.03. The lowest BCUT2D eigenvalue weighted by molar-refractivity contribution is 0.0698. The van der Waals surface area contributed by atoms with Gasteiger partial charge in [0, 0.05) is 11.9 Å². The van der Waals surface area contributed by atoms with Crippen molar-refractivity contribution in [2.45, 2.75) is 19.8 Å². The highest BCUT2D eigenvalue weighted by atomic mass is 16.4. The van der Waals surface area contributed by atoms with Gasteiger partial charge in [0.1, 0.15) is 0 Å². The van der Waals surface area contributed by atoms with E-state index in [9.17, 15) is 4.79 Å². The third-order valence-electron chi connectivity index (χ3n) is 2.82. The third-order valence-corrected chi connectivity index (χ3v) is 2.82. The number of carboxylic acid groups (broad SMARTS) is 1. The van der Waals surface area contributed by atoms with Crippen LogP contribution in [0.15, 0.2) is 42.7 Å². The fourth-order valence-electron chi connectivity index (χ4n) is 1.88. The van der Waals surface area contributed by atoms with Gasteiger partial charge in [-0.3, -0.25) is 4.98 Å². The standard InChI is InChI=1S/C15H16N2O2/c1-2-3-11-4-6-12(7-5-11)17-14-10-16-9-8-13(14)15(18)19/h4-10,17H,2-3H2,1H3,(H,18,19).